The molecule has 0 saturated carbocycles. The van der Waals surface area contributed by atoms with Crippen molar-refractivity contribution >= 4 is 35.9 Å². The van der Waals surface area contributed by atoms with Crippen molar-refractivity contribution in [1.82, 2.24) is 5.32 Å². The number of esters is 4. The van der Waals surface area contributed by atoms with Crippen molar-refractivity contribution in [2.75, 3.05) is 19.8 Å². The number of alkyl carbamates (subject to hydrolysis) is 1. The maximum atomic E-state index is 12.8. The fourth-order valence-electron chi connectivity index (χ4n) is 5.47. The van der Waals surface area contributed by atoms with Crippen LogP contribution < -0.4 is 5.32 Å². The highest BCUT2D eigenvalue weighted by molar-refractivity contribution is 5.81. The van der Waals surface area contributed by atoms with Crippen LogP contribution in [0, 0.1) is 0 Å². The largest absolute Gasteiger partial charge is 0.480 e. The number of fused-ring (bicyclic) bond motifs is 3. The van der Waals surface area contributed by atoms with Crippen molar-refractivity contribution in [1.29, 1.82) is 0 Å². The molecule has 1 heterocycles. The number of aliphatic carboxylic acids is 1. The van der Waals surface area contributed by atoms with Crippen LogP contribution in [-0.4, -0.2) is 97.6 Å². The quantitative estimate of drug-likeness (QED) is 0.248. The van der Waals surface area contributed by atoms with Crippen LogP contribution in [0.2, 0.25) is 0 Å². The standard InChI is InChI=1S/C32H35NO14/c1-16(34)41-15-26-27(44-17(2)35)28(45-18(3)36)29(46-19(4)37)31(47-26)42-14-25(30(38)39)33-32(40)43-13-24-22-11-7-5-9-20(22)21-10-6-8-12-23(21)24/h5-12,24-29,31H,13-15H2,1-4H3,(H,33,40)(H,38,39)/t25-,26+,27+,28+,29+,31-/m0/s1. The zero-order chi connectivity index (χ0) is 34.2. The number of rotatable bonds is 12. The van der Waals surface area contributed by atoms with Gasteiger partial charge in [-0.1, -0.05) is 48.5 Å². The second-order valence-electron chi connectivity index (χ2n) is 10.8. The number of nitrogens with one attached hydrogen (secondary N) is 1. The number of carboxylic acid groups (broad SMARTS) is 1. The van der Waals surface area contributed by atoms with E-state index in [1.54, 1.807) is 0 Å². The summed E-state index contributed by atoms with van der Waals surface area (Å²) in [5.74, 6) is -5.01. The minimum absolute atomic E-state index is 0.0766. The minimum Gasteiger partial charge on any atom is -0.480 e. The summed E-state index contributed by atoms with van der Waals surface area (Å²) in [6, 6.07) is 13.7. The fraction of sp³-hybridized carbons (Fsp3) is 0.438. The van der Waals surface area contributed by atoms with Gasteiger partial charge in [0.05, 0.1) is 6.61 Å². The average molecular weight is 658 g/mol. The highest BCUT2D eigenvalue weighted by atomic mass is 16.7. The molecule has 1 saturated heterocycles. The molecule has 0 aromatic heterocycles. The third-order valence-electron chi connectivity index (χ3n) is 7.31. The highest BCUT2D eigenvalue weighted by Gasteiger charge is 2.53. The normalized spacial score (nSPS) is 22.1. The minimum atomic E-state index is -1.68. The lowest BCUT2D eigenvalue weighted by Gasteiger charge is -2.44. The second-order valence-corrected chi connectivity index (χ2v) is 10.8. The Labute approximate surface area is 269 Å². The Bertz CT molecular complexity index is 1460. The molecule has 15 nitrogen and oxygen atoms in total. The molecule has 47 heavy (non-hydrogen) atoms. The third kappa shape index (κ3) is 8.83. The van der Waals surface area contributed by atoms with Crippen LogP contribution in [0.15, 0.2) is 48.5 Å². The molecule has 2 aromatic rings. The van der Waals surface area contributed by atoms with E-state index in [2.05, 4.69) is 5.32 Å². The summed E-state index contributed by atoms with van der Waals surface area (Å²) in [6.07, 6.45) is -8.49. The summed E-state index contributed by atoms with van der Waals surface area (Å²) in [6.45, 7) is 2.98. The molecule has 6 atom stereocenters. The van der Waals surface area contributed by atoms with Crippen LogP contribution in [-0.2, 0) is 57.1 Å². The Kier molecular flexibility index (Phi) is 11.5. The van der Waals surface area contributed by atoms with Crippen molar-refractivity contribution < 1.29 is 67.0 Å². The molecule has 4 rings (SSSR count). The molecule has 0 unspecified atom stereocenters. The lowest BCUT2D eigenvalue weighted by Crippen LogP contribution is -2.63. The first-order valence-corrected chi connectivity index (χ1v) is 14.6. The van der Waals surface area contributed by atoms with Gasteiger partial charge in [0.15, 0.2) is 30.6 Å². The number of carbonyl (C=O) groups excluding carboxylic acids is 5. The lowest BCUT2D eigenvalue weighted by molar-refractivity contribution is -0.308. The molecule has 1 aliphatic carbocycles. The molecule has 2 aromatic carbocycles. The summed E-state index contributed by atoms with van der Waals surface area (Å²) in [5, 5.41) is 12.1. The van der Waals surface area contributed by atoms with E-state index in [0.717, 1.165) is 49.9 Å². The molecule has 0 radical (unpaired) electrons. The molecule has 0 spiro atoms. The van der Waals surface area contributed by atoms with Crippen molar-refractivity contribution in [2.45, 2.75) is 70.4 Å². The van der Waals surface area contributed by atoms with E-state index in [4.69, 9.17) is 33.2 Å². The van der Waals surface area contributed by atoms with Crippen LogP contribution in [0.25, 0.3) is 11.1 Å². The first kappa shape index (κ1) is 34.8. The maximum Gasteiger partial charge on any atom is 0.407 e. The van der Waals surface area contributed by atoms with Gasteiger partial charge in [-0.3, -0.25) is 19.2 Å². The van der Waals surface area contributed by atoms with E-state index in [1.807, 2.05) is 48.5 Å². The van der Waals surface area contributed by atoms with E-state index in [1.165, 1.54) is 0 Å². The Morgan fingerprint density at radius 3 is 1.79 bits per heavy atom. The molecule has 1 amide bonds. The van der Waals surface area contributed by atoms with Crippen LogP contribution >= 0.6 is 0 Å². The summed E-state index contributed by atoms with van der Waals surface area (Å²) >= 11 is 0. The maximum absolute atomic E-state index is 12.8. The van der Waals surface area contributed by atoms with Crippen molar-refractivity contribution in [3.8, 4) is 11.1 Å². The molecule has 1 fully saturated rings. The predicted molar refractivity (Wildman–Crippen MR) is 158 cm³/mol. The molecular formula is C32H35NO14. The van der Waals surface area contributed by atoms with Gasteiger partial charge in [-0.2, -0.15) is 0 Å². The summed E-state index contributed by atoms with van der Waals surface area (Å²) in [4.78, 5) is 72.4. The third-order valence-corrected chi connectivity index (χ3v) is 7.31. The zero-order valence-corrected chi connectivity index (χ0v) is 26.0. The van der Waals surface area contributed by atoms with Gasteiger partial charge >= 0.3 is 35.9 Å². The van der Waals surface area contributed by atoms with Gasteiger partial charge in [-0.05, 0) is 22.3 Å². The molecular weight excluding hydrogens is 622 g/mol. The number of benzene rings is 2. The van der Waals surface area contributed by atoms with Crippen LogP contribution in [0.4, 0.5) is 4.79 Å². The van der Waals surface area contributed by atoms with Gasteiger partial charge in [0.25, 0.3) is 0 Å². The van der Waals surface area contributed by atoms with Crippen molar-refractivity contribution in [3.63, 3.8) is 0 Å². The average Bonchev–Trinajstić information content (AvgIpc) is 3.32. The van der Waals surface area contributed by atoms with Gasteiger partial charge < -0.3 is 43.6 Å². The van der Waals surface area contributed by atoms with Crippen LogP contribution in [0.1, 0.15) is 44.7 Å². The first-order valence-electron chi connectivity index (χ1n) is 14.6. The van der Waals surface area contributed by atoms with Gasteiger partial charge in [0, 0.05) is 33.6 Å². The number of ether oxygens (including phenoxy) is 7. The molecule has 0 bridgehead atoms. The van der Waals surface area contributed by atoms with Crippen molar-refractivity contribution in [3.05, 3.63) is 59.7 Å². The highest BCUT2D eigenvalue weighted by Crippen LogP contribution is 2.44. The fourth-order valence-corrected chi connectivity index (χ4v) is 5.47. The zero-order valence-electron chi connectivity index (χ0n) is 26.0. The predicted octanol–water partition coefficient (Wildman–Crippen LogP) is 2.08. The van der Waals surface area contributed by atoms with E-state index < -0.39 is 85.9 Å². The summed E-state index contributed by atoms with van der Waals surface area (Å²) in [5.41, 5.74) is 3.95. The Morgan fingerprint density at radius 1 is 0.723 bits per heavy atom. The van der Waals surface area contributed by atoms with Gasteiger partial charge in [-0.25, -0.2) is 9.59 Å². The molecule has 252 valence electrons. The van der Waals surface area contributed by atoms with Crippen LogP contribution in [0.5, 0.6) is 0 Å². The number of hydrogen-bond acceptors (Lipinski definition) is 13. The van der Waals surface area contributed by atoms with Gasteiger partial charge in [0.2, 0.25) is 0 Å². The topological polar surface area (TPSA) is 199 Å². The summed E-state index contributed by atoms with van der Waals surface area (Å²) in [7, 11) is 0. The number of amides is 1. The second kappa shape index (κ2) is 15.5. The molecule has 15 heteroatoms. The van der Waals surface area contributed by atoms with E-state index in [0.29, 0.717) is 0 Å². The SMILES string of the molecule is CC(=O)OC[C@H]1O[C@H](OC[C@H](NC(=O)OCC2c3ccccc3-c3ccccc32)C(=O)O)[C@H](OC(C)=O)[C@H](OC(C)=O)[C@@H]1OC(C)=O. The molecule has 1 aliphatic heterocycles. The van der Waals surface area contributed by atoms with E-state index in [9.17, 15) is 33.9 Å². The summed E-state index contributed by atoms with van der Waals surface area (Å²) < 4.78 is 37.9. The first-order chi connectivity index (χ1) is 22.3. The van der Waals surface area contributed by atoms with E-state index in [-0.39, 0.29) is 12.5 Å². The lowest BCUT2D eigenvalue weighted by atomic mass is 9.98. The number of carbonyl (C=O) groups is 6. The number of carboxylic acids is 1. The Morgan fingerprint density at radius 2 is 1.26 bits per heavy atom. The van der Waals surface area contributed by atoms with Crippen molar-refractivity contribution in [2.24, 2.45) is 0 Å². The van der Waals surface area contributed by atoms with Gasteiger partial charge in [-0.15, -0.1) is 0 Å². The van der Waals surface area contributed by atoms with Crippen LogP contribution in [0.3, 0.4) is 0 Å². The monoisotopic (exact) mass is 657 g/mol. The molecule has 2 aliphatic rings. The molecule has 2 N–H and O–H groups in total. The smallest absolute Gasteiger partial charge is 0.407 e. The Hall–Kier alpha value is -5.02. The number of hydrogen-bond donors (Lipinski definition) is 2. The van der Waals surface area contributed by atoms with Gasteiger partial charge in [0.1, 0.15) is 19.3 Å². The Balaban J connectivity index is 1.48. The van der Waals surface area contributed by atoms with E-state index >= 15 is 0 Å².